The number of hydrogen-bond donors (Lipinski definition) is 1. The fourth-order valence-electron chi connectivity index (χ4n) is 3.40. The number of alkyl halides is 3. The number of rotatable bonds is 7. The van der Waals surface area contributed by atoms with E-state index >= 15 is 0 Å². The van der Waals surface area contributed by atoms with Crippen molar-refractivity contribution in [2.75, 3.05) is 23.5 Å². The number of hydrogen-bond acceptors (Lipinski definition) is 9. The molecule has 4 heterocycles. The summed E-state index contributed by atoms with van der Waals surface area (Å²) in [7, 11) is 0. The number of pyridine rings is 2. The number of ether oxygens (including phenoxy) is 1. The van der Waals surface area contributed by atoms with Gasteiger partial charge in [-0.2, -0.15) is 33.2 Å². The largest absolute Gasteiger partial charge is 0.454 e. The summed E-state index contributed by atoms with van der Waals surface area (Å²) in [5, 5.41) is 4.05. The fourth-order valence-corrected chi connectivity index (χ4v) is 3.40. The molecular weight excluding hydrogens is 437 g/mol. The van der Waals surface area contributed by atoms with Crippen molar-refractivity contribution < 1.29 is 17.9 Å². The third-order valence-corrected chi connectivity index (χ3v) is 4.82. The Kier molecular flexibility index (Phi) is 6.91. The molecule has 1 aliphatic heterocycles. The Morgan fingerprint density at radius 2 is 2.03 bits per heavy atom. The van der Waals surface area contributed by atoms with Gasteiger partial charge < -0.3 is 9.64 Å². The van der Waals surface area contributed by atoms with Crippen LogP contribution in [-0.4, -0.2) is 50.5 Å². The van der Waals surface area contributed by atoms with Gasteiger partial charge in [0, 0.05) is 30.7 Å². The van der Waals surface area contributed by atoms with Crippen LogP contribution in [0.4, 0.5) is 25.1 Å². The highest BCUT2D eigenvalue weighted by Gasteiger charge is 2.31. The Morgan fingerprint density at radius 3 is 2.79 bits per heavy atom. The zero-order valence-corrected chi connectivity index (χ0v) is 17.5. The van der Waals surface area contributed by atoms with Crippen LogP contribution in [0.2, 0.25) is 0 Å². The monoisotopic (exact) mass is 458 g/mol. The zero-order valence-electron chi connectivity index (χ0n) is 17.5. The molecule has 1 saturated heterocycles. The summed E-state index contributed by atoms with van der Waals surface area (Å²) in [6, 6.07) is 8.60. The number of aromatic nitrogens is 5. The molecular formula is C21H21F3N8O. The predicted octanol–water partition coefficient (Wildman–Crippen LogP) is 3.78. The average molecular weight is 458 g/mol. The highest BCUT2D eigenvalue weighted by Crippen LogP contribution is 2.33. The molecule has 0 aromatic carbocycles. The van der Waals surface area contributed by atoms with Crippen molar-refractivity contribution in [3.63, 3.8) is 0 Å². The summed E-state index contributed by atoms with van der Waals surface area (Å²) >= 11 is 0. The van der Waals surface area contributed by atoms with Gasteiger partial charge in [0.2, 0.25) is 5.95 Å². The maximum absolute atomic E-state index is 12.7. The molecule has 1 atom stereocenters. The van der Waals surface area contributed by atoms with Gasteiger partial charge in [0.25, 0.3) is 5.95 Å². The van der Waals surface area contributed by atoms with Gasteiger partial charge in [-0.25, -0.2) is 5.43 Å². The number of halogens is 3. The lowest BCUT2D eigenvalue weighted by atomic mass is 9.99. The van der Waals surface area contributed by atoms with E-state index < -0.39 is 18.8 Å². The van der Waals surface area contributed by atoms with Crippen molar-refractivity contribution in [1.82, 2.24) is 24.9 Å². The molecule has 1 aliphatic rings. The Morgan fingerprint density at radius 1 is 1.12 bits per heavy atom. The first-order valence-electron chi connectivity index (χ1n) is 10.3. The van der Waals surface area contributed by atoms with Gasteiger partial charge in [-0.1, -0.05) is 12.1 Å². The lowest BCUT2D eigenvalue weighted by molar-refractivity contribution is -0.154. The van der Waals surface area contributed by atoms with Crippen LogP contribution in [0.5, 0.6) is 6.01 Å². The average Bonchev–Trinajstić information content (AvgIpc) is 2.83. The molecule has 0 aliphatic carbocycles. The summed E-state index contributed by atoms with van der Waals surface area (Å²) in [5.74, 6) is 0.152. The molecule has 0 unspecified atom stereocenters. The summed E-state index contributed by atoms with van der Waals surface area (Å²) in [6.07, 6.45) is 4.58. The molecule has 9 nitrogen and oxygen atoms in total. The van der Waals surface area contributed by atoms with E-state index in [0.717, 1.165) is 30.5 Å². The Labute approximate surface area is 187 Å². The molecule has 0 radical (unpaired) electrons. The van der Waals surface area contributed by atoms with Gasteiger partial charge >= 0.3 is 12.2 Å². The van der Waals surface area contributed by atoms with Crippen LogP contribution in [0.3, 0.4) is 0 Å². The second-order valence-corrected chi connectivity index (χ2v) is 7.26. The molecule has 0 amide bonds. The molecule has 1 fully saturated rings. The van der Waals surface area contributed by atoms with Gasteiger partial charge in [0.1, 0.15) is 0 Å². The normalized spacial score (nSPS) is 16.7. The number of nitrogens with zero attached hydrogens (tertiary/aromatic N) is 7. The molecule has 3 aromatic rings. The summed E-state index contributed by atoms with van der Waals surface area (Å²) in [6.45, 7) is -0.902. The first kappa shape index (κ1) is 22.4. The minimum Gasteiger partial charge on any atom is -0.454 e. The molecule has 0 spiro atoms. The van der Waals surface area contributed by atoms with E-state index in [-0.39, 0.29) is 17.9 Å². The van der Waals surface area contributed by atoms with Crippen molar-refractivity contribution in [2.24, 2.45) is 5.10 Å². The molecule has 4 rings (SSSR count). The van der Waals surface area contributed by atoms with Crippen molar-refractivity contribution in [1.29, 1.82) is 0 Å². The Hall–Kier alpha value is -3.83. The summed E-state index contributed by atoms with van der Waals surface area (Å²) in [5.41, 5.74) is 4.19. The van der Waals surface area contributed by atoms with E-state index in [0.29, 0.717) is 6.54 Å². The summed E-state index contributed by atoms with van der Waals surface area (Å²) in [4.78, 5) is 22.8. The van der Waals surface area contributed by atoms with Crippen molar-refractivity contribution in [2.45, 2.75) is 31.5 Å². The quantitative estimate of drug-likeness (QED) is 0.422. The topological polar surface area (TPSA) is 101 Å². The van der Waals surface area contributed by atoms with Gasteiger partial charge in [0.15, 0.2) is 6.61 Å². The van der Waals surface area contributed by atoms with Crippen LogP contribution >= 0.6 is 0 Å². The lowest BCUT2D eigenvalue weighted by Gasteiger charge is -2.35. The minimum atomic E-state index is -4.53. The van der Waals surface area contributed by atoms with Gasteiger partial charge in [0.05, 0.1) is 18.0 Å². The highest BCUT2D eigenvalue weighted by molar-refractivity contribution is 5.79. The SMILES string of the molecule is FC(F)(F)COc1nc(N/N=C\c2cccnc2)nc(N2CCCC[C@H]2c2ccccn2)n1. The fraction of sp³-hybridized carbons (Fsp3) is 0.333. The van der Waals surface area contributed by atoms with Crippen LogP contribution < -0.4 is 15.1 Å². The van der Waals surface area contributed by atoms with Gasteiger partial charge in [-0.15, -0.1) is 0 Å². The highest BCUT2D eigenvalue weighted by atomic mass is 19.4. The lowest BCUT2D eigenvalue weighted by Crippen LogP contribution is -2.35. The van der Waals surface area contributed by atoms with E-state index in [1.54, 1.807) is 30.7 Å². The van der Waals surface area contributed by atoms with Crippen LogP contribution in [0.1, 0.15) is 36.6 Å². The molecule has 12 heteroatoms. The molecule has 33 heavy (non-hydrogen) atoms. The van der Waals surface area contributed by atoms with E-state index in [4.69, 9.17) is 4.74 Å². The van der Waals surface area contributed by atoms with Crippen molar-refractivity contribution in [3.8, 4) is 6.01 Å². The number of piperidine rings is 1. The minimum absolute atomic E-state index is 0.0392. The summed E-state index contributed by atoms with van der Waals surface area (Å²) < 4.78 is 42.9. The maximum atomic E-state index is 12.7. The predicted molar refractivity (Wildman–Crippen MR) is 115 cm³/mol. The molecule has 0 bridgehead atoms. The first-order valence-corrected chi connectivity index (χ1v) is 10.3. The second-order valence-electron chi connectivity index (χ2n) is 7.26. The smallest absolute Gasteiger partial charge is 0.422 e. The number of anilines is 2. The molecule has 3 aromatic heterocycles. The van der Waals surface area contributed by atoms with Crippen LogP contribution in [-0.2, 0) is 0 Å². The standard InChI is InChI=1S/C21H21F3N8O/c22-21(23,24)14-33-20-29-18(31-27-13-15-6-5-9-25-12-15)28-19(30-20)32-11-4-2-8-17(32)16-7-1-3-10-26-16/h1,3,5-7,9-10,12-13,17H,2,4,8,11,14H2,(H,28,29,30,31)/b27-13-/t17-/m0/s1. The molecule has 0 saturated carbocycles. The van der Waals surface area contributed by atoms with Crippen molar-refractivity contribution >= 4 is 18.1 Å². The van der Waals surface area contributed by atoms with Gasteiger partial charge in [-0.3, -0.25) is 9.97 Å². The van der Waals surface area contributed by atoms with E-state index in [1.807, 2.05) is 23.1 Å². The number of hydrazone groups is 1. The Bertz CT molecular complexity index is 1070. The Balaban J connectivity index is 1.62. The van der Waals surface area contributed by atoms with E-state index in [1.165, 1.54) is 6.21 Å². The second kappa shape index (κ2) is 10.2. The van der Waals surface area contributed by atoms with Crippen LogP contribution in [0.15, 0.2) is 54.0 Å². The zero-order chi connectivity index (χ0) is 23.1. The van der Waals surface area contributed by atoms with E-state index in [2.05, 4.69) is 35.4 Å². The van der Waals surface area contributed by atoms with Crippen molar-refractivity contribution in [3.05, 3.63) is 60.2 Å². The maximum Gasteiger partial charge on any atom is 0.422 e. The third kappa shape index (κ3) is 6.34. The molecule has 172 valence electrons. The van der Waals surface area contributed by atoms with Crippen LogP contribution in [0.25, 0.3) is 0 Å². The van der Waals surface area contributed by atoms with Gasteiger partial charge in [-0.05, 0) is 37.5 Å². The van der Waals surface area contributed by atoms with E-state index in [9.17, 15) is 13.2 Å². The third-order valence-electron chi connectivity index (χ3n) is 4.82. The number of nitrogens with one attached hydrogen (secondary N) is 1. The molecule has 1 N–H and O–H groups in total. The van der Waals surface area contributed by atoms with Crippen LogP contribution in [0, 0.1) is 0 Å². The first-order chi connectivity index (χ1) is 16.0.